The molecule has 0 fully saturated rings. The van der Waals surface area contributed by atoms with Gasteiger partial charge in [-0.15, -0.1) is 0 Å². The number of amides is 1. The van der Waals surface area contributed by atoms with Crippen molar-refractivity contribution in [3.05, 3.63) is 29.8 Å². The Labute approximate surface area is 139 Å². The highest BCUT2D eigenvalue weighted by Crippen LogP contribution is 2.54. The number of carbonyl (C=O) groups is 1. The lowest BCUT2D eigenvalue weighted by atomic mass is 10.2. The number of rotatable bonds is 8. The minimum Gasteiger partial charge on any atom is -0.497 e. The largest absolute Gasteiger partial charge is 0.497 e. The molecule has 0 atom stereocenters. The SMILES string of the molecule is COc1ccc(CN(CCP(=O)(C(C)C)C(C)C)C(=O)O)cc1. The van der Waals surface area contributed by atoms with Crippen LogP contribution >= 0.6 is 7.14 Å². The molecule has 1 N–H and O–H groups in total. The lowest BCUT2D eigenvalue weighted by molar-refractivity contribution is 0.145. The highest BCUT2D eigenvalue weighted by atomic mass is 31.2. The molecule has 0 aliphatic rings. The van der Waals surface area contributed by atoms with E-state index >= 15 is 0 Å². The predicted molar refractivity (Wildman–Crippen MR) is 94.2 cm³/mol. The molecule has 23 heavy (non-hydrogen) atoms. The van der Waals surface area contributed by atoms with Crippen LogP contribution in [0.2, 0.25) is 0 Å². The van der Waals surface area contributed by atoms with Crippen LogP contribution in [0.5, 0.6) is 5.75 Å². The maximum Gasteiger partial charge on any atom is 0.407 e. The van der Waals surface area contributed by atoms with E-state index in [1.165, 1.54) is 4.90 Å². The zero-order valence-corrected chi connectivity index (χ0v) is 15.5. The molecule has 6 heteroatoms. The number of ether oxygens (including phenoxy) is 1. The van der Waals surface area contributed by atoms with Gasteiger partial charge < -0.3 is 19.3 Å². The van der Waals surface area contributed by atoms with Crippen LogP contribution in [0.4, 0.5) is 4.79 Å². The summed E-state index contributed by atoms with van der Waals surface area (Å²) in [6.07, 6.45) is -0.565. The molecule has 1 aromatic carbocycles. The smallest absolute Gasteiger partial charge is 0.407 e. The van der Waals surface area contributed by atoms with E-state index < -0.39 is 13.2 Å². The third-order valence-corrected chi connectivity index (χ3v) is 8.67. The monoisotopic (exact) mass is 341 g/mol. The van der Waals surface area contributed by atoms with Crippen molar-refractivity contribution < 1.29 is 19.2 Å². The van der Waals surface area contributed by atoms with Gasteiger partial charge in [0.2, 0.25) is 0 Å². The summed E-state index contributed by atoms with van der Waals surface area (Å²) in [6.45, 7) is 8.39. The standard InChI is InChI=1S/C17H28NO4P/c1-13(2)23(21,14(3)4)11-10-18(17(19)20)12-15-6-8-16(22-5)9-7-15/h6-9,13-14H,10-12H2,1-5H3,(H,19,20). The van der Waals surface area contributed by atoms with Crippen molar-refractivity contribution in [2.45, 2.75) is 45.6 Å². The van der Waals surface area contributed by atoms with E-state index in [1.807, 2.05) is 52.0 Å². The first-order chi connectivity index (χ1) is 10.7. The number of hydrogen-bond donors (Lipinski definition) is 1. The predicted octanol–water partition coefficient (Wildman–Crippen LogP) is 4.36. The van der Waals surface area contributed by atoms with E-state index in [0.29, 0.717) is 6.16 Å². The summed E-state index contributed by atoms with van der Waals surface area (Å²) in [5.74, 6) is 0.736. The fraction of sp³-hybridized carbons (Fsp3) is 0.588. The minimum atomic E-state index is -2.40. The molecule has 0 spiro atoms. The topological polar surface area (TPSA) is 66.8 Å². The molecule has 0 aliphatic heterocycles. The summed E-state index contributed by atoms with van der Waals surface area (Å²) in [4.78, 5) is 12.8. The maximum atomic E-state index is 13.0. The van der Waals surface area contributed by atoms with Crippen molar-refractivity contribution in [1.29, 1.82) is 0 Å². The van der Waals surface area contributed by atoms with Crippen LogP contribution in [0.25, 0.3) is 0 Å². The molecule has 0 bridgehead atoms. The first kappa shape index (κ1) is 19.6. The number of benzene rings is 1. The second-order valence-electron chi connectivity index (χ2n) is 6.32. The summed E-state index contributed by atoms with van der Waals surface area (Å²) in [7, 11) is -0.808. The molecule has 5 nitrogen and oxygen atoms in total. The Balaban J connectivity index is 2.79. The minimum absolute atomic E-state index is 0.0686. The molecular weight excluding hydrogens is 313 g/mol. The highest BCUT2D eigenvalue weighted by Gasteiger charge is 2.31. The van der Waals surface area contributed by atoms with Crippen molar-refractivity contribution in [1.82, 2.24) is 4.90 Å². The first-order valence-electron chi connectivity index (χ1n) is 7.90. The molecule has 0 aromatic heterocycles. The third-order valence-electron chi connectivity index (χ3n) is 4.27. The quantitative estimate of drug-likeness (QED) is 0.714. The molecule has 0 unspecified atom stereocenters. The van der Waals surface area contributed by atoms with E-state index in [1.54, 1.807) is 7.11 Å². The van der Waals surface area contributed by atoms with Gasteiger partial charge in [0.1, 0.15) is 5.75 Å². The maximum absolute atomic E-state index is 13.0. The van der Waals surface area contributed by atoms with Gasteiger partial charge in [0.05, 0.1) is 14.3 Å². The number of methoxy groups -OCH3 is 1. The number of nitrogens with zero attached hydrogens (tertiary/aromatic N) is 1. The molecular formula is C17H28NO4P. The second kappa shape index (κ2) is 8.39. The first-order valence-corrected chi connectivity index (χ1v) is 9.93. The van der Waals surface area contributed by atoms with Gasteiger partial charge in [-0.1, -0.05) is 39.8 Å². The summed E-state index contributed by atoms with van der Waals surface area (Å²) >= 11 is 0. The summed E-state index contributed by atoms with van der Waals surface area (Å²) in [5.41, 5.74) is 1.02. The Morgan fingerprint density at radius 1 is 1.17 bits per heavy atom. The van der Waals surface area contributed by atoms with Gasteiger partial charge in [-0.2, -0.15) is 0 Å². The average Bonchev–Trinajstić information content (AvgIpc) is 2.50. The van der Waals surface area contributed by atoms with E-state index in [0.717, 1.165) is 11.3 Å². The normalized spacial score (nSPS) is 11.8. The van der Waals surface area contributed by atoms with Crippen molar-refractivity contribution >= 4 is 13.2 Å². The lowest BCUT2D eigenvalue weighted by Gasteiger charge is -2.29. The molecule has 0 aliphatic carbocycles. The van der Waals surface area contributed by atoms with Crippen LogP contribution in [-0.2, 0) is 11.1 Å². The van der Waals surface area contributed by atoms with Gasteiger partial charge in [0.15, 0.2) is 0 Å². The van der Waals surface area contributed by atoms with E-state index in [4.69, 9.17) is 4.74 Å². The number of hydrogen-bond acceptors (Lipinski definition) is 3. The van der Waals surface area contributed by atoms with E-state index in [-0.39, 0.29) is 24.4 Å². The Morgan fingerprint density at radius 3 is 2.09 bits per heavy atom. The van der Waals surface area contributed by atoms with Crippen molar-refractivity contribution in [2.75, 3.05) is 19.8 Å². The molecule has 1 amide bonds. The Kier molecular flexibility index (Phi) is 7.14. The van der Waals surface area contributed by atoms with Crippen molar-refractivity contribution in [3.63, 3.8) is 0 Å². The molecule has 0 heterocycles. The van der Waals surface area contributed by atoms with Gasteiger partial charge in [-0.3, -0.25) is 0 Å². The third kappa shape index (κ3) is 5.28. The van der Waals surface area contributed by atoms with Gasteiger partial charge in [-0.25, -0.2) is 4.79 Å². The van der Waals surface area contributed by atoms with Crippen LogP contribution in [0.15, 0.2) is 24.3 Å². The summed E-state index contributed by atoms with van der Waals surface area (Å²) in [5, 5.41) is 9.42. The molecule has 0 saturated heterocycles. The molecule has 1 aromatic rings. The van der Waals surface area contributed by atoms with Crippen molar-refractivity contribution in [2.24, 2.45) is 0 Å². The van der Waals surface area contributed by atoms with E-state index in [2.05, 4.69) is 0 Å². The van der Waals surface area contributed by atoms with Gasteiger partial charge in [0.25, 0.3) is 0 Å². The fourth-order valence-electron chi connectivity index (χ4n) is 2.58. The fourth-order valence-corrected chi connectivity index (χ4v) is 5.36. The van der Waals surface area contributed by atoms with Crippen molar-refractivity contribution in [3.8, 4) is 5.75 Å². The molecule has 1 rings (SSSR count). The molecule has 0 saturated carbocycles. The summed E-state index contributed by atoms with van der Waals surface area (Å²) in [6, 6.07) is 7.31. The summed E-state index contributed by atoms with van der Waals surface area (Å²) < 4.78 is 18.1. The number of carboxylic acid groups (broad SMARTS) is 1. The second-order valence-corrected chi connectivity index (χ2v) is 10.5. The van der Waals surface area contributed by atoms with Gasteiger partial charge >= 0.3 is 6.09 Å². The van der Waals surface area contributed by atoms with Crippen LogP contribution in [-0.4, -0.2) is 47.2 Å². The Morgan fingerprint density at radius 2 is 1.70 bits per heavy atom. The van der Waals surface area contributed by atoms with Crippen LogP contribution in [0.3, 0.4) is 0 Å². The highest BCUT2D eigenvalue weighted by molar-refractivity contribution is 7.65. The van der Waals surface area contributed by atoms with Crippen LogP contribution in [0.1, 0.15) is 33.3 Å². The van der Waals surface area contributed by atoms with E-state index in [9.17, 15) is 14.5 Å². The van der Waals surface area contributed by atoms with Crippen LogP contribution in [0, 0.1) is 0 Å². The lowest BCUT2D eigenvalue weighted by Crippen LogP contribution is -2.32. The zero-order chi connectivity index (χ0) is 17.6. The molecule has 130 valence electrons. The van der Waals surface area contributed by atoms with Gasteiger partial charge in [-0.05, 0) is 17.7 Å². The zero-order valence-electron chi connectivity index (χ0n) is 14.7. The van der Waals surface area contributed by atoms with Crippen LogP contribution < -0.4 is 4.74 Å². The van der Waals surface area contributed by atoms with Gasteiger partial charge in [0, 0.05) is 30.6 Å². The molecule has 0 radical (unpaired) electrons. The average molecular weight is 341 g/mol. The Bertz CT molecular complexity index is 542. The Hall–Kier alpha value is -1.48.